The molecule has 0 unspecified atom stereocenters. The highest BCUT2D eigenvalue weighted by Gasteiger charge is 2.26. The number of pyridine rings is 1. The van der Waals surface area contributed by atoms with E-state index in [0.717, 1.165) is 12.3 Å². The normalized spacial score (nSPS) is 11.4. The topological polar surface area (TPSA) is 22.1 Å². The fourth-order valence-electron chi connectivity index (χ4n) is 0.719. The lowest BCUT2D eigenvalue weighted by atomic mass is 10.4. The van der Waals surface area contributed by atoms with Gasteiger partial charge in [-0.1, -0.05) is 0 Å². The lowest BCUT2D eigenvalue weighted by Crippen LogP contribution is -2.13. The molecule has 1 aromatic rings. The Morgan fingerprint density at radius 3 is 2.50 bits per heavy atom. The van der Waals surface area contributed by atoms with Crippen LogP contribution in [0.15, 0.2) is 18.3 Å². The maximum Gasteiger partial charge on any atom is 0.392 e. The number of halogens is 4. The summed E-state index contributed by atoms with van der Waals surface area (Å²) in [5, 5.41) is 0. The molecule has 0 aliphatic heterocycles. The number of aromatic nitrogens is 1. The molecule has 0 saturated carbocycles. The maximum atomic E-state index is 12.3. The van der Waals surface area contributed by atoms with Crippen molar-refractivity contribution in [3.63, 3.8) is 0 Å². The minimum atomic E-state index is -4.25. The third-order valence-electron chi connectivity index (χ3n) is 1.34. The van der Waals surface area contributed by atoms with Crippen LogP contribution in [0.3, 0.4) is 0 Å². The molecule has 78 valence electrons. The van der Waals surface area contributed by atoms with Gasteiger partial charge in [0.2, 0.25) is 5.88 Å². The average molecular weight is 209 g/mol. The van der Waals surface area contributed by atoms with Gasteiger partial charge in [-0.05, 0) is 6.07 Å². The van der Waals surface area contributed by atoms with Crippen LogP contribution in [0.1, 0.15) is 6.42 Å². The minimum absolute atomic E-state index is 0.0179. The van der Waals surface area contributed by atoms with E-state index in [9.17, 15) is 17.6 Å². The second-order valence-electron chi connectivity index (χ2n) is 2.53. The van der Waals surface area contributed by atoms with E-state index in [1.54, 1.807) is 0 Å². The second-order valence-corrected chi connectivity index (χ2v) is 2.53. The largest absolute Gasteiger partial charge is 0.477 e. The Morgan fingerprint density at radius 2 is 2.00 bits per heavy atom. The molecule has 0 aromatic carbocycles. The fourth-order valence-corrected chi connectivity index (χ4v) is 0.719. The third-order valence-corrected chi connectivity index (χ3v) is 1.34. The molecule has 6 heteroatoms. The zero-order chi connectivity index (χ0) is 10.6. The van der Waals surface area contributed by atoms with Crippen molar-refractivity contribution in [3.05, 3.63) is 24.1 Å². The van der Waals surface area contributed by atoms with E-state index in [-0.39, 0.29) is 5.88 Å². The molecule has 1 aromatic heterocycles. The van der Waals surface area contributed by atoms with Crippen molar-refractivity contribution in [1.29, 1.82) is 0 Å². The van der Waals surface area contributed by atoms with E-state index >= 15 is 0 Å². The highest BCUT2D eigenvalue weighted by atomic mass is 19.4. The fraction of sp³-hybridized carbons (Fsp3) is 0.375. The zero-order valence-corrected chi connectivity index (χ0v) is 7.01. The minimum Gasteiger partial charge on any atom is -0.477 e. The SMILES string of the molecule is Fc1ccc(OCCC(F)(F)F)nc1. The van der Waals surface area contributed by atoms with Crippen molar-refractivity contribution in [2.24, 2.45) is 0 Å². The van der Waals surface area contributed by atoms with Gasteiger partial charge in [0.15, 0.2) is 0 Å². The zero-order valence-electron chi connectivity index (χ0n) is 7.01. The first kappa shape index (κ1) is 10.7. The second kappa shape index (κ2) is 4.26. The van der Waals surface area contributed by atoms with Crippen LogP contribution in [0.2, 0.25) is 0 Å². The standard InChI is InChI=1S/C8H7F4NO/c9-6-1-2-7(13-5-6)14-4-3-8(10,11)12/h1-2,5H,3-4H2. The number of ether oxygens (including phenoxy) is 1. The summed E-state index contributed by atoms with van der Waals surface area (Å²) in [4.78, 5) is 3.43. The Kier molecular flexibility index (Phi) is 3.27. The van der Waals surface area contributed by atoms with Crippen LogP contribution in [0.4, 0.5) is 17.6 Å². The first-order chi connectivity index (χ1) is 6.47. The lowest BCUT2D eigenvalue weighted by Gasteiger charge is -2.07. The molecule has 0 amide bonds. The van der Waals surface area contributed by atoms with Crippen LogP contribution in [0.5, 0.6) is 5.88 Å². The van der Waals surface area contributed by atoms with E-state index in [4.69, 9.17) is 0 Å². The number of rotatable bonds is 3. The summed E-state index contributed by atoms with van der Waals surface area (Å²) in [5.41, 5.74) is 0. The Morgan fingerprint density at radius 1 is 1.29 bits per heavy atom. The molecule has 1 heterocycles. The number of hydrogen-bond donors (Lipinski definition) is 0. The highest BCUT2D eigenvalue weighted by Crippen LogP contribution is 2.19. The van der Waals surface area contributed by atoms with Gasteiger partial charge in [0.05, 0.1) is 19.2 Å². The van der Waals surface area contributed by atoms with Gasteiger partial charge in [-0.3, -0.25) is 0 Å². The molecule has 0 fully saturated rings. The first-order valence-corrected chi connectivity index (χ1v) is 3.78. The van der Waals surface area contributed by atoms with Crippen molar-refractivity contribution in [1.82, 2.24) is 4.98 Å². The molecule has 0 aliphatic rings. The third kappa shape index (κ3) is 4.06. The van der Waals surface area contributed by atoms with E-state index in [1.165, 1.54) is 6.07 Å². The van der Waals surface area contributed by atoms with Crippen molar-refractivity contribution >= 4 is 0 Å². The van der Waals surface area contributed by atoms with Gasteiger partial charge in [-0.25, -0.2) is 9.37 Å². The molecule has 2 nitrogen and oxygen atoms in total. The van der Waals surface area contributed by atoms with Crippen LogP contribution in [0.25, 0.3) is 0 Å². The van der Waals surface area contributed by atoms with Crippen molar-refractivity contribution in [2.75, 3.05) is 6.61 Å². The number of nitrogens with zero attached hydrogens (tertiary/aromatic N) is 1. The molecule has 0 spiro atoms. The molecule has 0 N–H and O–H groups in total. The van der Waals surface area contributed by atoms with Gasteiger partial charge in [0, 0.05) is 6.07 Å². The van der Waals surface area contributed by atoms with Crippen LogP contribution >= 0.6 is 0 Å². The average Bonchev–Trinajstić information content (AvgIpc) is 2.06. The molecule has 0 aliphatic carbocycles. The summed E-state index contributed by atoms with van der Waals surface area (Å²) in [6, 6.07) is 2.24. The van der Waals surface area contributed by atoms with Gasteiger partial charge in [-0.2, -0.15) is 13.2 Å². The van der Waals surface area contributed by atoms with E-state index in [2.05, 4.69) is 9.72 Å². The highest BCUT2D eigenvalue weighted by molar-refractivity contribution is 5.10. The summed E-state index contributed by atoms with van der Waals surface area (Å²) in [6.45, 7) is -0.512. The molecule has 0 bridgehead atoms. The van der Waals surface area contributed by atoms with Gasteiger partial charge in [0.1, 0.15) is 5.82 Å². The predicted molar refractivity (Wildman–Crippen MR) is 40.4 cm³/mol. The van der Waals surface area contributed by atoms with Crippen molar-refractivity contribution < 1.29 is 22.3 Å². The van der Waals surface area contributed by atoms with Gasteiger partial charge >= 0.3 is 6.18 Å². The molecule has 14 heavy (non-hydrogen) atoms. The van der Waals surface area contributed by atoms with Crippen molar-refractivity contribution in [3.8, 4) is 5.88 Å². The van der Waals surface area contributed by atoms with E-state index < -0.39 is 25.0 Å². The molecule has 0 atom stereocenters. The molecular weight excluding hydrogens is 202 g/mol. The van der Waals surface area contributed by atoms with Crippen LogP contribution < -0.4 is 4.74 Å². The number of alkyl halides is 3. The first-order valence-electron chi connectivity index (χ1n) is 3.78. The summed E-state index contributed by atoms with van der Waals surface area (Å²) in [7, 11) is 0. The van der Waals surface area contributed by atoms with Crippen LogP contribution in [0, 0.1) is 5.82 Å². The summed E-state index contributed by atoms with van der Waals surface area (Å²) in [5.74, 6) is -0.580. The quantitative estimate of drug-likeness (QED) is 0.713. The summed E-state index contributed by atoms with van der Waals surface area (Å²) >= 11 is 0. The smallest absolute Gasteiger partial charge is 0.392 e. The number of hydrogen-bond acceptors (Lipinski definition) is 2. The Bertz CT molecular complexity index is 282. The molecule has 0 radical (unpaired) electrons. The Labute approximate surface area is 77.5 Å². The summed E-state index contributed by atoms with van der Waals surface area (Å²) in [6.07, 6.45) is -4.42. The van der Waals surface area contributed by atoms with E-state index in [0.29, 0.717) is 0 Å². The van der Waals surface area contributed by atoms with Gasteiger partial charge in [0.25, 0.3) is 0 Å². The monoisotopic (exact) mass is 209 g/mol. The summed E-state index contributed by atoms with van der Waals surface area (Å²) < 4.78 is 51.9. The van der Waals surface area contributed by atoms with Gasteiger partial charge < -0.3 is 4.74 Å². The van der Waals surface area contributed by atoms with Crippen LogP contribution in [-0.4, -0.2) is 17.8 Å². The molecular formula is C8H7F4NO. The maximum absolute atomic E-state index is 12.3. The van der Waals surface area contributed by atoms with E-state index in [1.807, 2.05) is 0 Å². The molecule has 1 rings (SSSR count). The molecule has 0 saturated heterocycles. The van der Waals surface area contributed by atoms with Crippen molar-refractivity contribution in [2.45, 2.75) is 12.6 Å². The Hall–Kier alpha value is -1.33. The van der Waals surface area contributed by atoms with Crippen LogP contribution in [-0.2, 0) is 0 Å². The van der Waals surface area contributed by atoms with Gasteiger partial charge in [-0.15, -0.1) is 0 Å². The lowest BCUT2D eigenvalue weighted by molar-refractivity contribution is -0.139. The predicted octanol–water partition coefficient (Wildman–Crippen LogP) is 2.55. The Balaban J connectivity index is 2.35.